The average molecular weight is 344 g/mol. The molecule has 0 radical (unpaired) electrons. The quantitative estimate of drug-likeness (QED) is 0.683. The number of nitrogens with one attached hydrogen (secondary N) is 1. The standard InChI is InChI=1S/C19H16N6O/c1-26-16-9-5-6-13(11-16)10-14(12-20)17-23-18(21)25-19(24-17)22-15-7-3-2-4-8-15/h2-11H,1H3,(H3,21,22,23,24,25). The number of anilines is 3. The van der Waals surface area contributed by atoms with Crippen LogP contribution in [0.4, 0.5) is 17.6 Å². The highest BCUT2D eigenvalue weighted by atomic mass is 16.5. The van der Waals surface area contributed by atoms with Gasteiger partial charge in [0.2, 0.25) is 11.9 Å². The average Bonchev–Trinajstić information content (AvgIpc) is 2.66. The molecule has 0 bridgehead atoms. The van der Waals surface area contributed by atoms with Gasteiger partial charge in [-0.15, -0.1) is 0 Å². The third-order valence-electron chi connectivity index (χ3n) is 3.45. The van der Waals surface area contributed by atoms with Gasteiger partial charge in [-0.25, -0.2) is 0 Å². The van der Waals surface area contributed by atoms with Crippen LogP contribution in [0.1, 0.15) is 11.4 Å². The molecular formula is C19H16N6O. The predicted molar refractivity (Wildman–Crippen MR) is 100 cm³/mol. The van der Waals surface area contributed by atoms with Gasteiger partial charge in [-0.05, 0) is 35.9 Å². The first-order valence-corrected chi connectivity index (χ1v) is 7.78. The van der Waals surface area contributed by atoms with Crippen LogP contribution in [0.25, 0.3) is 11.6 Å². The largest absolute Gasteiger partial charge is 0.497 e. The molecular weight excluding hydrogens is 328 g/mol. The zero-order valence-corrected chi connectivity index (χ0v) is 14.0. The Morgan fingerprint density at radius 2 is 1.92 bits per heavy atom. The van der Waals surface area contributed by atoms with E-state index in [0.717, 1.165) is 11.3 Å². The van der Waals surface area contributed by atoms with Crippen molar-refractivity contribution in [2.75, 3.05) is 18.2 Å². The topological polar surface area (TPSA) is 110 Å². The molecule has 0 spiro atoms. The van der Waals surface area contributed by atoms with E-state index in [1.54, 1.807) is 13.2 Å². The van der Waals surface area contributed by atoms with Crippen LogP contribution in [0, 0.1) is 11.3 Å². The van der Waals surface area contributed by atoms with E-state index in [0.29, 0.717) is 5.75 Å². The van der Waals surface area contributed by atoms with Crippen LogP contribution < -0.4 is 15.8 Å². The maximum Gasteiger partial charge on any atom is 0.232 e. The smallest absolute Gasteiger partial charge is 0.232 e. The monoisotopic (exact) mass is 344 g/mol. The van der Waals surface area contributed by atoms with E-state index in [-0.39, 0.29) is 23.3 Å². The second kappa shape index (κ2) is 7.77. The van der Waals surface area contributed by atoms with Gasteiger partial charge in [0.1, 0.15) is 11.8 Å². The molecule has 128 valence electrons. The summed E-state index contributed by atoms with van der Waals surface area (Å²) in [7, 11) is 1.59. The molecule has 1 heterocycles. The van der Waals surface area contributed by atoms with Crippen molar-refractivity contribution in [3.63, 3.8) is 0 Å². The molecule has 2 aromatic carbocycles. The summed E-state index contributed by atoms with van der Waals surface area (Å²) in [6.07, 6.45) is 1.67. The molecule has 0 saturated heterocycles. The molecule has 7 heteroatoms. The Hall–Kier alpha value is -3.92. The molecule has 26 heavy (non-hydrogen) atoms. The fraction of sp³-hybridized carbons (Fsp3) is 0.0526. The van der Waals surface area contributed by atoms with Crippen molar-refractivity contribution in [2.24, 2.45) is 0 Å². The summed E-state index contributed by atoms with van der Waals surface area (Å²) in [5.74, 6) is 1.18. The van der Waals surface area contributed by atoms with Gasteiger partial charge in [-0.2, -0.15) is 20.2 Å². The maximum atomic E-state index is 9.53. The molecule has 0 unspecified atom stereocenters. The van der Waals surface area contributed by atoms with Gasteiger partial charge in [0.15, 0.2) is 5.82 Å². The second-order valence-corrected chi connectivity index (χ2v) is 5.28. The fourth-order valence-corrected chi connectivity index (χ4v) is 2.26. The maximum absolute atomic E-state index is 9.53. The normalized spacial score (nSPS) is 10.8. The molecule has 0 aliphatic heterocycles. The summed E-state index contributed by atoms with van der Waals surface area (Å²) in [6.45, 7) is 0. The lowest BCUT2D eigenvalue weighted by Crippen LogP contribution is -2.06. The van der Waals surface area contributed by atoms with Crippen LogP contribution in [-0.4, -0.2) is 22.1 Å². The lowest BCUT2D eigenvalue weighted by Gasteiger charge is -2.07. The highest BCUT2D eigenvalue weighted by Gasteiger charge is 2.10. The van der Waals surface area contributed by atoms with E-state index in [1.165, 1.54) is 0 Å². The first kappa shape index (κ1) is 16.9. The fourth-order valence-electron chi connectivity index (χ4n) is 2.26. The lowest BCUT2D eigenvalue weighted by molar-refractivity contribution is 0.414. The van der Waals surface area contributed by atoms with E-state index in [4.69, 9.17) is 10.5 Å². The summed E-state index contributed by atoms with van der Waals surface area (Å²) in [5.41, 5.74) is 7.65. The number of aromatic nitrogens is 3. The van der Waals surface area contributed by atoms with Crippen molar-refractivity contribution in [1.29, 1.82) is 5.26 Å². The number of rotatable bonds is 5. The van der Waals surface area contributed by atoms with Crippen LogP contribution in [0.15, 0.2) is 54.6 Å². The van der Waals surface area contributed by atoms with Crippen LogP contribution in [-0.2, 0) is 0 Å². The molecule has 3 rings (SSSR count). The Morgan fingerprint density at radius 3 is 2.65 bits per heavy atom. The van der Waals surface area contributed by atoms with Gasteiger partial charge in [0, 0.05) is 5.69 Å². The van der Waals surface area contributed by atoms with Crippen LogP contribution in [0.5, 0.6) is 5.75 Å². The van der Waals surface area contributed by atoms with Gasteiger partial charge in [0.25, 0.3) is 0 Å². The van der Waals surface area contributed by atoms with Gasteiger partial charge < -0.3 is 15.8 Å². The number of nitrogens with zero attached hydrogens (tertiary/aromatic N) is 4. The zero-order valence-electron chi connectivity index (χ0n) is 14.0. The van der Waals surface area contributed by atoms with E-state index < -0.39 is 0 Å². The molecule has 0 aliphatic rings. The molecule has 0 saturated carbocycles. The zero-order chi connectivity index (χ0) is 18.4. The van der Waals surface area contributed by atoms with Crippen LogP contribution in [0.2, 0.25) is 0 Å². The van der Waals surface area contributed by atoms with Gasteiger partial charge >= 0.3 is 0 Å². The Morgan fingerprint density at radius 1 is 1.12 bits per heavy atom. The first-order valence-electron chi connectivity index (χ1n) is 7.78. The number of nitrogens with two attached hydrogens (primary N) is 1. The number of hydrogen-bond acceptors (Lipinski definition) is 7. The highest BCUT2D eigenvalue weighted by Crippen LogP contribution is 2.20. The van der Waals surface area contributed by atoms with E-state index in [9.17, 15) is 5.26 Å². The lowest BCUT2D eigenvalue weighted by atomic mass is 10.1. The van der Waals surface area contributed by atoms with Crippen molar-refractivity contribution in [2.45, 2.75) is 0 Å². The molecule has 0 fully saturated rings. The minimum Gasteiger partial charge on any atom is -0.497 e. The Kier molecular flexibility index (Phi) is 5.05. The van der Waals surface area contributed by atoms with Gasteiger partial charge in [-0.1, -0.05) is 30.3 Å². The summed E-state index contributed by atoms with van der Waals surface area (Å²) in [6, 6.07) is 18.9. The van der Waals surface area contributed by atoms with Crippen LogP contribution >= 0.6 is 0 Å². The molecule has 0 amide bonds. The van der Waals surface area contributed by atoms with Crippen molar-refractivity contribution in [3.8, 4) is 11.8 Å². The number of nitriles is 1. The number of para-hydroxylation sites is 1. The number of ether oxygens (including phenoxy) is 1. The Balaban J connectivity index is 1.95. The third-order valence-corrected chi connectivity index (χ3v) is 3.45. The summed E-state index contributed by atoms with van der Waals surface area (Å²) in [4.78, 5) is 12.5. The van der Waals surface area contributed by atoms with E-state index >= 15 is 0 Å². The number of hydrogen-bond donors (Lipinski definition) is 2. The molecule has 0 atom stereocenters. The van der Waals surface area contributed by atoms with E-state index in [2.05, 4.69) is 26.3 Å². The highest BCUT2D eigenvalue weighted by molar-refractivity contribution is 5.87. The molecule has 3 aromatic rings. The third kappa shape index (κ3) is 4.13. The minimum atomic E-state index is 0.0280. The second-order valence-electron chi connectivity index (χ2n) is 5.28. The van der Waals surface area contributed by atoms with Gasteiger partial charge in [-0.3, -0.25) is 0 Å². The van der Waals surface area contributed by atoms with Crippen molar-refractivity contribution in [3.05, 3.63) is 66.0 Å². The van der Waals surface area contributed by atoms with Crippen LogP contribution in [0.3, 0.4) is 0 Å². The van der Waals surface area contributed by atoms with E-state index in [1.807, 2.05) is 54.6 Å². The number of nitrogen functional groups attached to an aromatic ring is 1. The predicted octanol–water partition coefficient (Wildman–Crippen LogP) is 3.27. The number of allylic oxidation sites excluding steroid dienone is 1. The number of methoxy groups -OCH3 is 1. The van der Waals surface area contributed by atoms with Crippen molar-refractivity contribution < 1.29 is 4.74 Å². The minimum absolute atomic E-state index is 0.0280. The number of benzene rings is 2. The summed E-state index contributed by atoms with van der Waals surface area (Å²) in [5, 5.41) is 12.6. The molecule has 0 aliphatic carbocycles. The summed E-state index contributed by atoms with van der Waals surface area (Å²) < 4.78 is 5.20. The molecule has 3 N–H and O–H groups in total. The molecule has 7 nitrogen and oxygen atoms in total. The molecule has 1 aromatic heterocycles. The van der Waals surface area contributed by atoms with Gasteiger partial charge in [0.05, 0.1) is 12.7 Å². The van der Waals surface area contributed by atoms with Crippen molar-refractivity contribution in [1.82, 2.24) is 15.0 Å². The Bertz CT molecular complexity index is 979. The SMILES string of the molecule is COc1cccc(C=C(C#N)c2nc(N)nc(Nc3ccccc3)n2)c1. The Labute approximate surface area is 150 Å². The first-order chi connectivity index (χ1) is 12.7. The summed E-state index contributed by atoms with van der Waals surface area (Å²) >= 11 is 0. The van der Waals surface area contributed by atoms with Crippen molar-refractivity contribution >= 4 is 29.2 Å².